The molecule has 1 amide bonds. The van der Waals surface area contributed by atoms with Crippen molar-refractivity contribution in [3.63, 3.8) is 0 Å². The zero-order valence-corrected chi connectivity index (χ0v) is 11.8. The Bertz CT molecular complexity index is 468. The SMILES string of the molecule is CCC[C@H](N)C(=O)Nc1cccc(OCCCC#N)c1. The molecule has 1 aromatic rings. The van der Waals surface area contributed by atoms with Crippen LogP contribution in [0.2, 0.25) is 0 Å². The summed E-state index contributed by atoms with van der Waals surface area (Å²) in [5.74, 6) is 0.485. The number of unbranched alkanes of at least 4 members (excludes halogenated alkanes) is 1. The lowest BCUT2D eigenvalue weighted by Crippen LogP contribution is -2.35. The van der Waals surface area contributed by atoms with Crippen LogP contribution >= 0.6 is 0 Å². The predicted molar refractivity (Wildman–Crippen MR) is 78.3 cm³/mol. The number of rotatable bonds is 8. The minimum absolute atomic E-state index is 0.187. The van der Waals surface area contributed by atoms with E-state index in [1.54, 1.807) is 18.2 Å². The van der Waals surface area contributed by atoms with Crippen LogP contribution in [0.25, 0.3) is 0 Å². The zero-order chi connectivity index (χ0) is 14.8. The number of ether oxygens (including phenoxy) is 1. The lowest BCUT2D eigenvalue weighted by atomic mass is 10.1. The molecule has 1 atom stereocenters. The fourth-order valence-electron chi connectivity index (χ4n) is 1.68. The molecule has 0 aromatic heterocycles. The number of amides is 1. The molecule has 1 rings (SSSR count). The standard InChI is InChI=1S/C15H21N3O2/c1-2-6-14(17)15(19)18-12-7-5-8-13(11-12)20-10-4-3-9-16/h5,7-8,11,14H,2-4,6,10,17H2,1H3,(H,18,19)/t14-/m0/s1. The lowest BCUT2D eigenvalue weighted by molar-refractivity contribution is -0.117. The number of nitrogens with two attached hydrogens (primary N) is 1. The van der Waals surface area contributed by atoms with Crippen molar-refractivity contribution in [2.75, 3.05) is 11.9 Å². The molecule has 3 N–H and O–H groups in total. The molecule has 5 nitrogen and oxygen atoms in total. The molecule has 0 aliphatic carbocycles. The Morgan fingerprint density at radius 1 is 1.55 bits per heavy atom. The predicted octanol–water partition coefficient (Wildman–Crippen LogP) is 2.44. The first kappa shape index (κ1) is 16.0. The number of nitrogens with one attached hydrogen (secondary N) is 1. The maximum absolute atomic E-state index is 11.8. The van der Waals surface area contributed by atoms with E-state index in [0.29, 0.717) is 37.3 Å². The molecule has 0 heterocycles. The van der Waals surface area contributed by atoms with Crippen molar-refractivity contribution in [2.24, 2.45) is 5.73 Å². The van der Waals surface area contributed by atoms with Crippen molar-refractivity contribution in [3.05, 3.63) is 24.3 Å². The van der Waals surface area contributed by atoms with E-state index in [0.717, 1.165) is 6.42 Å². The summed E-state index contributed by atoms with van der Waals surface area (Å²) in [7, 11) is 0. The van der Waals surface area contributed by atoms with Gasteiger partial charge in [-0.05, 0) is 25.0 Å². The largest absolute Gasteiger partial charge is 0.493 e. The quantitative estimate of drug-likeness (QED) is 0.713. The van der Waals surface area contributed by atoms with Gasteiger partial charge in [0, 0.05) is 18.2 Å². The number of carbonyl (C=O) groups is 1. The molecular weight excluding hydrogens is 254 g/mol. The Labute approximate surface area is 119 Å². The summed E-state index contributed by atoms with van der Waals surface area (Å²) in [6.07, 6.45) is 2.70. The molecule has 0 saturated carbocycles. The maximum atomic E-state index is 11.8. The number of nitriles is 1. The van der Waals surface area contributed by atoms with E-state index in [-0.39, 0.29) is 5.91 Å². The zero-order valence-electron chi connectivity index (χ0n) is 11.8. The topological polar surface area (TPSA) is 88.1 Å². The molecule has 108 valence electrons. The van der Waals surface area contributed by atoms with Crippen molar-refractivity contribution in [2.45, 2.75) is 38.6 Å². The molecule has 0 bridgehead atoms. The van der Waals surface area contributed by atoms with Crippen LogP contribution in [0.3, 0.4) is 0 Å². The minimum Gasteiger partial charge on any atom is -0.493 e. The van der Waals surface area contributed by atoms with Crippen molar-refractivity contribution in [1.82, 2.24) is 0 Å². The molecule has 0 unspecified atom stereocenters. The highest BCUT2D eigenvalue weighted by atomic mass is 16.5. The third-order valence-corrected chi connectivity index (χ3v) is 2.74. The average Bonchev–Trinajstić information content (AvgIpc) is 2.44. The highest BCUT2D eigenvalue weighted by Crippen LogP contribution is 2.18. The molecule has 0 radical (unpaired) electrons. The van der Waals surface area contributed by atoms with Crippen LogP contribution in [-0.2, 0) is 4.79 Å². The van der Waals surface area contributed by atoms with Crippen LogP contribution in [-0.4, -0.2) is 18.6 Å². The molecule has 0 aliphatic heterocycles. The van der Waals surface area contributed by atoms with Crippen LogP contribution < -0.4 is 15.8 Å². The van der Waals surface area contributed by atoms with Crippen LogP contribution in [0.5, 0.6) is 5.75 Å². The maximum Gasteiger partial charge on any atom is 0.241 e. The number of nitrogens with zero attached hydrogens (tertiary/aromatic N) is 1. The summed E-state index contributed by atoms with van der Waals surface area (Å²) in [6.45, 7) is 2.48. The van der Waals surface area contributed by atoms with E-state index in [2.05, 4.69) is 11.4 Å². The molecule has 20 heavy (non-hydrogen) atoms. The fraction of sp³-hybridized carbons (Fsp3) is 0.467. The van der Waals surface area contributed by atoms with E-state index in [9.17, 15) is 4.79 Å². The highest BCUT2D eigenvalue weighted by Gasteiger charge is 2.12. The summed E-state index contributed by atoms with van der Waals surface area (Å²) in [5, 5.41) is 11.2. The van der Waals surface area contributed by atoms with Gasteiger partial charge >= 0.3 is 0 Å². The first-order valence-electron chi connectivity index (χ1n) is 6.83. The summed E-state index contributed by atoms with van der Waals surface area (Å²) in [6, 6.07) is 8.74. The first-order chi connectivity index (χ1) is 9.67. The summed E-state index contributed by atoms with van der Waals surface area (Å²) in [4.78, 5) is 11.8. The highest BCUT2D eigenvalue weighted by molar-refractivity contribution is 5.94. The Morgan fingerprint density at radius 2 is 2.35 bits per heavy atom. The first-order valence-corrected chi connectivity index (χ1v) is 6.83. The smallest absolute Gasteiger partial charge is 0.241 e. The Morgan fingerprint density at radius 3 is 3.05 bits per heavy atom. The van der Waals surface area contributed by atoms with Gasteiger partial charge in [-0.1, -0.05) is 19.4 Å². The van der Waals surface area contributed by atoms with E-state index in [4.69, 9.17) is 15.7 Å². The van der Waals surface area contributed by atoms with Gasteiger partial charge < -0.3 is 15.8 Å². The molecule has 1 aromatic carbocycles. The Balaban J connectivity index is 2.51. The Hall–Kier alpha value is -2.06. The number of carbonyl (C=O) groups excluding carboxylic acids is 1. The van der Waals surface area contributed by atoms with Crippen LogP contribution in [0, 0.1) is 11.3 Å². The van der Waals surface area contributed by atoms with Crippen molar-refractivity contribution >= 4 is 11.6 Å². The Kier molecular flexibility index (Phi) is 7.15. The van der Waals surface area contributed by atoms with Gasteiger partial charge in [-0.3, -0.25) is 4.79 Å². The van der Waals surface area contributed by atoms with Crippen LogP contribution in [0.15, 0.2) is 24.3 Å². The van der Waals surface area contributed by atoms with Gasteiger partial charge in [-0.2, -0.15) is 5.26 Å². The van der Waals surface area contributed by atoms with Gasteiger partial charge in [0.05, 0.1) is 18.7 Å². The third kappa shape index (κ3) is 5.72. The normalized spacial score (nSPS) is 11.4. The number of hydrogen-bond donors (Lipinski definition) is 2. The van der Waals surface area contributed by atoms with Gasteiger partial charge in [0.15, 0.2) is 0 Å². The van der Waals surface area contributed by atoms with E-state index in [1.165, 1.54) is 0 Å². The number of benzene rings is 1. The van der Waals surface area contributed by atoms with Crippen LogP contribution in [0.1, 0.15) is 32.6 Å². The van der Waals surface area contributed by atoms with Gasteiger partial charge in [-0.15, -0.1) is 0 Å². The van der Waals surface area contributed by atoms with Gasteiger partial charge in [0.1, 0.15) is 5.75 Å². The van der Waals surface area contributed by atoms with E-state index >= 15 is 0 Å². The van der Waals surface area contributed by atoms with Crippen LogP contribution in [0.4, 0.5) is 5.69 Å². The summed E-state index contributed by atoms with van der Waals surface area (Å²) >= 11 is 0. The number of hydrogen-bond acceptors (Lipinski definition) is 4. The van der Waals surface area contributed by atoms with Gasteiger partial charge in [0.2, 0.25) is 5.91 Å². The van der Waals surface area contributed by atoms with E-state index < -0.39 is 6.04 Å². The minimum atomic E-state index is -0.486. The third-order valence-electron chi connectivity index (χ3n) is 2.74. The second-order valence-corrected chi connectivity index (χ2v) is 4.52. The average molecular weight is 275 g/mol. The second kappa shape index (κ2) is 8.94. The number of anilines is 1. The summed E-state index contributed by atoms with van der Waals surface area (Å²) in [5.41, 5.74) is 6.42. The molecule has 0 spiro atoms. The molecule has 0 fully saturated rings. The fourth-order valence-corrected chi connectivity index (χ4v) is 1.68. The van der Waals surface area contributed by atoms with Crippen molar-refractivity contribution < 1.29 is 9.53 Å². The molecule has 5 heteroatoms. The second-order valence-electron chi connectivity index (χ2n) is 4.52. The summed E-state index contributed by atoms with van der Waals surface area (Å²) < 4.78 is 5.50. The molecule has 0 saturated heterocycles. The van der Waals surface area contributed by atoms with Crippen molar-refractivity contribution in [1.29, 1.82) is 5.26 Å². The molecule has 0 aliphatic rings. The van der Waals surface area contributed by atoms with Gasteiger partial charge in [0.25, 0.3) is 0 Å². The van der Waals surface area contributed by atoms with E-state index in [1.807, 2.05) is 13.0 Å². The van der Waals surface area contributed by atoms with Gasteiger partial charge in [-0.25, -0.2) is 0 Å². The lowest BCUT2D eigenvalue weighted by Gasteiger charge is -2.12. The van der Waals surface area contributed by atoms with Crippen molar-refractivity contribution in [3.8, 4) is 11.8 Å². The molecular formula is C15H21N3O2. The monoisotopic (exact) mass is 275 g/mol.